The minimum atomic E-state index is -3.04. The van der Waals surface area contributed by atoms with E-state index < -0.39 is 13.6 Å². The quantitative estimate of drug-likeness (QED) is 0.280. The van der Waals surface area contributed by atoms with Crippen LogP contribution in [0.4, 0.5) is 0 Å². The third kappa shape index (κ3) is 5.42. The monoisotopic (exact) mass is 252 g/mol. The summed E-state index contributed by atoms with van der Waals surface area (Å²) in [6.45, 7) is 3.64. The number of esters is 1. The topological polar surface area (TPSA) is 71.1 Å². The van der Waals surface area contributed by atoms with E-state index in [9.17, 15) is 9.36 Å². The van der Waals surface area contributed by atoms with Crippen LogP contribution in [0.15, 0.2) is 12.2 Å². The number of carbonyl (C=O) groups excluding carboxylic acids is 1. The van der Waals surface area contributed by atoms with Crippen LogP contribution in [0.3, 0.4) is 0 Å². The van der Waals surface area contributed by atoms with Crippen LogP contribution < -0.4 is 0 Å². The molecule has 0 saturated carbocycles. The van der Waals surface area contributed by atoms with E-state index in [0.717, 1.165) is 0 Å². The third-order valence-corrected chi connectivity index (χ3v) is 3.66. The molecule has 0 rings (SSSR count). The molecule has 0 aliphatic carbocycles. The summed E-state index contributed by atoms with van der Waals surface area (Å²) in [5.41, 5.74) is 0.201. The first kappa shape index (κ1) is 15.3. The molecule has 6 nitrogen and oxygen atoms in total. The summed E-state index contributed by atoms with van der Waals surface area (Å²) in [6, 6.07) is 0. The van der Waals surface area contributed by atoms with Crippen LogP contribution in [-0.2, 0) is 27.9 Å². The van der Waals surface area contributed by atoms with Crippen LogP contribution in [0, 0.1) is 0 Å². The Kier molecular flexibility index (Phi) is 7.25. The molecule has 0 unspecified atom stereocenters. The van der Waals surface area contributed by atoms with Gasteiger partial charge < -0.3 is 18.5 Å². The first-order chi connectivity index (χ1) is 7.49. The van der Waals surface area contributed by atoms with Crippen molar-refractivity contribution < 1.29 is 27.9 Å². The van der Waals surface area contributed by atoms with Crippen LogP contribution in [0.2, 0.25) is 0 Å². The normalized spacial score (nSPS) is 11.2. The van der Waals surface area contributed by atoms with Gasteiger partial charge in [-0.2, -0.15) is 0 Å². The summed E-state index contributed by atoms with van der Waals surface area (Å²) in [6.07, 6.45) is 0.119. The zero-order valence-corrected chi connectivity index (χ0v) is 10.6. The van der Waals surface area contributed by atoms with Crippen molar-refractivity contribution in [2.45, 2.75) is 0 Å². The Bertz CT molecular complexity index is 280. The highest BCUT2D eigenvalue weighted by molar-refractivity contribution is 7.53. The molecule has 0 atom stereocenters. The van der Waals surface area contributed by atoms with Gasteiger partial charge in [0.05, 0.1) is 32.1 Å². The number of carbonyl (C=O) groups is 1. The molecule has 0 aliphatic rings. The largest absolute Gasteiger partial charge is 0.466 e. The van der Waals surface area contributed by atoms with Crippen LogP contribution in [-0.4, -0.2) is 46.7 Å². The summed E-state index contributed by atoms with van der Waals surface area (Å²) in [4.78, 5) is 10.9. The van der Waals surface area contributed by atoms with Crippen molar-refractivity contribution >= 4 is 13.6 Å². The van der Waals surface area contributed by atoms with Crippen molar-refractivity contribution in [1.82, 2.24) is 0 Å². The summed E-state index contributed by atoms with van der Waals surface area (Å²) in [5, 5.41) is 0. The van der Waals surface area contributed by atoms with E-state index in [1.807, 2.05) is 0 Å². The predicted octanol–water partition coefficient (Wildman–Crippen LogP) is 1.22. The zero-order valence-electron chi connectivity index (χ0n) is 9.73. The Balaban J connectivity index is 3.80. The smallest absolute Gasteiger partial charge is 0.335 e. The number of ether oxygens (including phenoxy) is 2. The van der Waals surface area contributed by atoms with Crippen molar-refractivity contribution in [2.75, 3.05) is 40.7 Å². The Morgan fingerprint density at radius 2 is 1.81 bits per heavy atom. The summed E-state index contributed by atoms with van der Waals surface area (Å²) in [5.74, 6) is -0.526. The Morgan fingerprint density at radius 3 is 2.25 bits per heavy atom. The molecule has 0 aliphatic heterocycles. The molecular weight excluding hydrogens is 235 g/mol. The second-order valence-electron chi connectivity index (χ2n) is 2.85. The molecule has 0 bridgehead atoms. The first-order valence-electron chi connectivity index (χ1n) is 4.53. The maximum absolute atomic E-state index is 11.5. The first-order valence-corrected chi connectivity index (χ1v) is 6.26. The van der Waals surface area contributed by atoms with Gasteiger partial charge in [0.1, 0.15) is 0 Å². The van der Waals surface area contributed by atoms with Gasteiger partial charge in [-0.15, -0.1) is 0 Å². The molecule has 16 heavy (non-hydrogen) atoms. The lowest BCUT2D eigenvalue weighted by molar-refractivity contribution is -0.136. The van der Waals surface area contributed by atoms with Gasteiger partial charge in [-0.3, -0.25) is 4.57 Å². The van der Waals surface area contributed by atoms with Crippen LogP contribution in [0.25, 0.3) is 0 Å². The third-order valence-electron chi connectivity index (χ3n) is 1.82. The van der Waals surface area contributed by atoms with Gasteiger partial charge in [0, 0.05) is 14.2 Å². The maximum atomic E-state index is 11.5. The molecular formula is C9H17O6P. The van der Waals surface area contributed by atoms with Crippen LogP contribution >= 0.6 is 7.60 Å². The fourth-order valence-corrected chi connectivity index (χ4v) is 1.70. The number of methoxy groups -OCH3 is 1. The van der Waals surface area contributed by atoms with Gasteiger partial charge in [-0.1, -0.05) is 6.58 Å². The van der Waals surface area contributed by atoms with E-state index in [2.05, 4.69) is 11.3 Å². The van der Waals surface area contributed by atoms with Gasteiger partial charge in [-0.25, -0.2) is 4.79 Å². The van der Waals surface area contributed by atoms with Crippen molar-refractivity contribution in [3.05, 3.63) is 12.2 Å². The molecule has 0 spiro atoms. The number of hydrogen-bond donors (Lipinski definition) is 0. The predicted molar refractivity (Wildman–Crippen MR) is 58.5 cm³/mol. The van der Waals surface area contributed by atoms with Gasteiger partial charge in [-0.05, 0) is 0 Å². The molecule has 0 saturated heterocycles. The highest BCUT2D eigenvalue weighted by Crippen LogP contribution is 2.45. The van der Waals surface area contributed by atoms with E-state index in [1.165, 1.54) is 21.3 Å². The molecule has 0 aromatic carbocycles. The molecule has 0 heterocycles. The zero-order chi connectivity index (χ0) is 12.6. The fraction of sp³-hybridized carbons (Fsp3) is 0.667. The minimum Gasteiger partial charge on any atom is -0.466 e. The Labute approximate surface area is 95.0 Å². The minimum absolute atomic E-state index is 0.0279. The molecule has 94 valence electrons. The Morgan fingerprint density at radius 1 is 1.25 bits per heavy atom. The van der Waals surface area contributed by atoms with Gasteiger partial charge in [0.25, 0.3) is 0 Å². The summed E-state index contributed by atoms with van der Waals surface area (Å²) >= 11 is 0. The van der Waals surface area contributed by atoms with Gasteiger partial charge >= 0.3 is 13.6 Å². The Hall–Kier alpha value is -0.680. The van der Waals surface area contributed by atoms with E-state index in [-0.39, 0.29) is 24.9 Å². The lowest BCUT2D eigenvalue weighted by Crippen LogP contribution is -2.12. The van der Waals surface area contributed by atoms with E-state index in [1.54, 1.807) is 0 Å². The fourth-order valence-electron chi connectivity index (χ4n) is 0.832. The SMILES string of the molecule is C=C(COCCP(=O)(OC)OC)C(=O)OC. The van der Waals surface area contributed by atoms with Gasteiger partial charge in [0.15, 0.2) is 0 Å². The molecule has 0 N–H and O–H groups in total. The molecule has 0 aromatic heterocycles. The molecule has 0 amide bonds. The van der Waals surface area contributed by atoms with Crippen molar-refractivity contribution in [2.24, 2.45) is 0 Å². The second kappa shape index (κ2) is 7.57. The molecule has 0 fully saturated rings. The van der Waals surface area contributed by atoms with Crippen LogP contribution in [0.5, 0.6) is 0 Å². The average molecular weight is 252 g/mol. The van der Waals surface area contributed by atoms with E-state index >= 15 is 0 Å². The lowest BCUT2D eigenvalue weighted by atomic mass is 10.3. The highest BCUT2D eigenvalue weighted by atomic mass is 31.2. The summed E-state index contributed by atoms with van der Waals surface area (Å²) in [7, 11) is 0.825. The lowest BCUT2D eigenvalue weighted by Gasteiger charge is -2.13. The van der Waals surface area contributed by atoms with E-state index in [0.29, 0.717) is 0 Å². The second-order valence-corrected chi connectivity index (χ2v) is 5.25. The standard InChI is InChI=1S/C9H17O6P/c1-8(9(10)12-2)7-15-5-6-16(11,13-3)14-4/h1,5-7H2,2-4H3. The molecule has 7 heteroatoms. The van der Waals surface area contributed by atoms with E-state index in [4.69, 9.17) is 13.8 Å². The highest BCUT2D eigenvalue weighted by Gasteiger charge is 2.20. The number of rotatable bonds is 8. The average Bonchev–Trinajstić information content (AvgIpc) is 2.32. The molecule has 0 radical (unpaired) electrons. The molecule has 0 aromatic rings. The summed E-state index contributed by atoms with van der Waals surface area (Å²) < 4.78 is 30.5. The van der Waals surface area contributed by atoms with Crippen molar-refractivity contribution in [3.8, 4) is 0 Å². The maximum Gasteiger partial charge on any atom is 0.335 e. The van der Waals surface area contributed by atoms with Gasteiger partial charge in [0.2, 0.25) is 0 Å². The van der Waals surface area contributed by atoms with Crippen LogP contribution in [0.1, 0.15) is 0 Å². The number of hydrogen-bond acceptors (Lipinski definition) is 6. The van der Waals surface area contributed by atoms with Crippen molar-refractivity contribution in [1.29, 1.82) is 0 Å². The van der Waals surface area contributed by atoms with Crippen molar-refractivity contribution in [3.63, 3.8) is 0 Å².